The molecule has 10 aromatic heterocycles. The Morgan fingerprint density at radius 1 is 0.326 bits per heavy atom. The molecule has 37 heteroatoms. The number of aliphatic hydroxyl groups is 1. The van der Waals surface area contributed by atoms with Gasteiger partial charge in [0.1, 0.15) is 28.2 Å². The quantitative estimate of drug-likeness (QED) is 0.0498. The van der Waals surface area contributed by atoms with Crippen LogP contribution in [-0.2, 0) is 0 Å². The van der Waals surface area contributed by atoms with Crippen molar-refractivity contribution < 1.29 is 59.9 Å². The number of hydrogen-bond donors (Lipinski definition) is 5. The molecule has 0 aliphatic carbocycles. The average Bonchev–Trinajstić information content (AvgIpc) is 0.794. The maximum Gasteiger partial charge on any atom is 0.258 e. The summed E-state index contributed by atoms with van der Waals surface area (Å²) in [5, 5.41) is 22.5. The van der Waals surface area contributed by atoms with Gasteiger partial charge in [0.15, 0.2) is 57.8 Å². The summed E-state index contributed by atoms with van der Waals surface area (Å²) in [5.74, 6) is -3.73. The standard InChI is InChI=1S/C23H27N3O4.C20H20F2N4O2.C20H21FN4O2.C19H18F2N4O2.C19H19FN4O2/c1-29-20-5-3-17(13-21(20)30-2)19-14-23(28)26-15-18(4-6-22(26)24-19)16-7-9-25(10-8-16)11-12-27;1-12-10-25(6-5-23-12)14-3-4-18-24-16(9-19(27)26(18)11-14)13-7-15(21)20(22)17(8-13)28-2;1-13-11-24(8-7-22-13)15-4-6-19-23-17(10-20(26)25(19)12-15)14-3-5-16(21)18(9-14)27-2;1-27-16-9-12(8-14(20)19(16)21)15-10-18(26)25-11-13(2-3-17(25)23-15)24-6-4-22-5-7-24;1-26-17-10-13(2-4-15(17)20)16-11-19(25)24-12-14(3-5-18(24)22-16)23-8-6-21-7-9-23/h3-6,13-16,27H,7-12H2,1-2H3;3-4,7-9,11-12,23H,5-6,10H2,1-2H3;3-6,9-10,12-13,22H,7-8,11H2,1-2H3;2-3,8-11,22H,4-7H2,1H3;2-5,10-12,21H,6-9H2,1H3/t;12-;13-;;/m.00../s1. The van der Waals surface area contributed by atoms with Gasteiger partial charge >= 0.3 is 0 Å². The van der Waals surface area contributed by atoms with Crippen molar-refractivity contribution in [3.8, 4) is 90.8 Å². The highest BCUT2D eigenvalue weighted by molar-refractivity contribution is 5.71. The summed E-state index contributed by atoms with van der Waals surface area (Å²) in [4.78, 5) is 97.3. The summed E-state index contributed by atoms with van der Waals surface area (Å²) in [6, 6.07) is 45.9. The molecule has 5 aromatic carbocycles. The molecule has 5 saturated heterocycles. The van der Waals surface area contributed by atoms with Crippen LogP contribution in [0.15, 0.2) is 225 Å². The van der Waals surface area contributed by atoms with Crippen LogP contribution in [0.3, 0.4) is 0 Å². The molecule has 0 unspecified atom stereocenters. The maximum absolute atomic E-state index is 13.8. The van der Waals surface area contributed by atoms with Crippen LogP contribution in [0.2, 0.25) is 0 Å². The Balaban J connectivity index is 0.000000125. The van der Waals surface area contributed by atoms with Crippen LogP contribution >= 0.6 is 0 Å². The average molecular weight is 1890 g/mol. The highest BCUT2D eigenvalue weighted by Crippen LogP contribution is 2.36. The number of nitrogens with zero attached hydrogens (tertiary/aromatic N) is 15. The van der Waals surface area contributed by atoms with Crippen molar-refractivity contribution in [2.24, 2.45) is 0 Å². The number of β-amino-alcohol motifs (C(OH)–C–C–N with tert-alkyl or cyclic N) is 1. The molecule has 31 nitrogen and oxygen atoms in total. The molecule has 15 heterocycles. The molecule has 5 N–H and O–H groups in total. The van der Waals surface area contributed by atoms with Gasteiger partial charge in [0.2, 0.25) is 11.6 Å². The van der Waals surface area contributed by atoms with E-state index in [2.05, 4.69) is 85.6 Å². The zero-order chi connectivity index (χ0) is 97.0. The van der Waals surface area contributed by atoms with Gasteiger partial charge in [-0.05, 0) is 185 Å². The van der Waals surface area contributed by atoms with Crippen LogP contribution in [0.1, 0.15) is 38.2 Å². The third-order valence-corrected chi connectivity index (χ3v) is 24.8. The highest BCUT2D eigenvalue weighted by Gasteiger charge is 2.26. The van der Waals surface area contributed by atoms with E-state index in [0.29, 0.717) is 85.9 Å². The number of benzene rings is 5. The number of pyridine rings is 5. The second-order valence-electron chi connectivity index (χ2n) is 33.7. The summed E-state index contributed by atoms with van der Waals surface area (Å²) < 4.78 is 120. The zero-order valence-electron chi connectivity index (χ0n) is 77.3. The van der Waals surface area contributed by atoms with Gasteiger partial charge in [-0.2, -0.15) is 8.78 Å². The SMILES string of the molecule is COc1cc(-c2cc(=O)n3cc(N4CCNCC4)ccc3n2)cc(F)c1F.COc1cc(-c2cc(=O)n3cc(N4CCNCC4)ccc3n2)ccc1F.COc1cc(-c2cc(=O)n3cc(N4CCN[C@@H](C)C4)ccc3n2)cc(F)c1F.COc1cc(-c2cc(=O)n3cc(N4CCN[C@@H](C)C4)ccc3n2)ccc1F.COc1ccc(-c2cc(=O)n3cc(C4CCN(CCO)CC4)ccc3n2)cc1OC. The van der Waals surface area contributed by atoms with E-state index in [1.165, 1.54) is 85.8 Å². The molecule has 0 bridgehead atoms. The number of piperazine rings is 4. The summed E-state index contributed by atoms with van der Waals surface area (Å²) in [6.07, 6.45) is 11.1. The Labute approximate surface area is 788 Å². The molecular formula is C101H105F6N19O12. The molecule has 718 valence electrons. The van der Waals surface area contributed by atoms with Crippen molar-refractivity contribution in [3.63, 3.8) is 0 Å². The van der Waals surface area contributed by atoms with Crippen molar-refractivity contribution in [2.45, 2.75) is 44.7 Å². The summed E-state index contributed by atoms with van der Waals surface area (Å²) in [5.41, 5.74) is 11.3. The van der Waals surface area contributed by atoms with E-state index in [-0.39, 0.29) is 79.9 Å². The molecule has 138 heavy (non-hydrogen) atoms. The van der Waals surface area contributed by atoms with Crippen LogP contribution in [0, 0.1) is 34.9 Å². The fraction of sp³-hybridized carbons (Fsp3) is 0.307. The van der Waals surface area contributed by atoms with E-state index < -0.39 is 34.9 Å². The highest BCUT2D eigenvalue weighted by atomic mass is 19.2. The van der Waals surface area contributed by atoms with Gasteiger partial charge in [0.25, 0.3) is 27.8 Å². The Kier molecular flexibility index (Phi) is 30.4. The van der Waals surface area contributed by atoms with Crippen molar-refractivity contribution in [2.75, 3.05) is 180 Å². The third-order valence-electron chi connectivity index (χ3n) is 24.8. The first-order chi connectivity index (χ1) is 66.8. The van der Waals surface area contributed by atoms with Gasteiger partial charge in [-0.25, -0.2) is 42.5 Å². The van der Waals surface area contributed by atoms with E-state index in [9.17, 15) is 50.3 Å². The van der Waals surface area contributed by atoms with Gasteiger partial charge in [0, 0.05) is 199 Å². The van der Waals surface area contributed by atoms with E-state index in [4.69, 9.17) is 38.5 Å². The van der Waals surface area contributed by atoms with E-state index in [0.717, 1.165) is 170 Å². The molecule has 0 amide bonds. The predicted octanol–water partition coefficient (Wildman–Crippen LogP) is 11.3. The van der Waals surface area contributed by atoms with Crippen LogP contribution < -0.4 is 97.1 Å². The first-order valence-electron chi connectivity index (χ1n) is 45.2. The first kappa shape index (κ1) is 96.4. The lowest BCUT2D eigenvalue weighted by Gasteiger charge is -2.33. The first-order valence-corrected chi connectivity index (χ1v) is 45.2. The molecule has 0 spiro atoms. The van der Waals surface area contributed by atoms with Crippen molar-refractivity contribution in [1.29, 1.82) is 0 Å². The topological polar surface area (TPSA) is 312 Å². The van der Waals surface area contributed by atoms with Crippen LogP contribution in [-0.4, -0.2) is 230 Å². The molecular weight excluding hydrogens is 1790 g/mol. The van der Waals surface area contributed by atoms with Gasteiger partial charge in [-0.1, -0.05) is 6.07 Å². The normalized spacial score (nSPS) is 15.8. The van der Waals surface area contributed by atoms with Crippen molar-refractivity contribution in [1.82, 2.24) is 73.1 Å². The van der Waals surface area contributed by atoms with Crippen molar-refractivity contribution >= 4 is 51.0 Å². The molecule has 5 aliphatic heterocycles. The minimum Gasteiger partial charge on any atom is -0.494 e. The number of aromatic nitrogens is 10. The van der Waals surface area contributed by atoms with Crippen LogP contribution in [0.25, 0.3) is 84.5 Å². The molecule has 20 rings (SSSR count). The fourth-order valence-corrected chi connectivity index (χ4v) is 17.4. The molecule has 5 aliphatic rings. The summed E-state index contributed by atoms with van der Waals surface area (Å²) >= 11 is 0. The largest absolute Gasteiger partial charge is 0.494 e. The summed E-state index contributed by atoms with van der Waals surface area (Å²) in [7, 11) is 8.49. The number of fused-ring (bicyclic) bond motifs is 5. The number of rotatable bonds is 18. The number of hydrogen-bond acceptors (Lipinski definition) is 26. The third kappa shape index (κ3) is 22.0. The van der Waals surface area contributed by atoms with Crippen molar-refractivity contribution in [3.05, 3.63) is 293 Å². The molecule has 0 saturated carbocycles. The predicted molar refractivity (Wildman–Crippen MR) is 519 cm³/mol. The molecule has 0 radical (unpaired) electrons. The molecule has 15 aromatic rings. The monoisotopic (exact) mass is 1890 g/mol. The van der Waals surface area contributed by atoms with E-state index >= 15 is 0 Å². The minimum atomic E-state index is -1.07. The number of nitrogens with one attached hydrogen (secondary N) is 4. The van der Waals surface area contributed by atoms with E-state index in [1.807, 2.05) is 79.3 Å². The van der Waals surface area contributed by atoms with Gasteiger partial charge in [-0.3, -0.25) is 46.0 Å². The smallest absolute Gasteiger partial charge is 0.258 e. The number of piperidine rings is 1. The lowest BCUT2D eigenvalue weighted by molar-refractivity contribution is 0.164. The number of aliphatic hydroxyl groups excluding tert-OH is 1. The minimum absolute atomic E-state index is 0.107. The van der Waals surface area contributed by atoms with Gasteiger partial charge in [-0.15, -0.1) is 0 Å². The number of methoxy groups -OCH3 is 6. The van der Waals surface area contributed by atoms with Crippen LogP contribution in [0.5, 0.6) is 34.5 Å². The second kappa shape index (κ2) is 43.5. The van der Waals surface area contributed by atoms with E-state index in [1.54, 1.807) is 82.3 Å². The molecule has 2 atom stereocenters. The number of anilines is 4. The Morgan fingerprint density at radius 3 is 0.986 bits per heavy atom. The lowest BCUT2D eigenvalue weighted by Crippen LogP contribution is -2.49. The van der Waals surface area contributed by atoms with Gasteiger partial charge in [0.05, 0.1) is 100 Å². The Bertz CT molecular complexity index is 7300. The molecule has 5 fully saturated rings. The van der Waals surface area contributed by atoms with Gasteiger partial charge < -0.3 is 79.3 Å². The zero-order valence-corrected chi connectivity index (χ0v) is 77.3. The van der Waals surface area contributed by atoms with Crippen LogP contribution in [0.4, 0.5) is 49.1 Å². The Morgan fingerprint density at radius 2 is 0.638 bits per heavy atom. The number of ether oxygens (including phenoxy) is 6. The second-order valence-corrected chi connectivity index (χ2v) is 33.7. The fourth-order valence-electron chi connectivity index (χ4n) is 17.4. The number of likely N-dealkylation sites (tertiary alicyclic amines) is 1. The summed E-state index contributed by atoms with van der Waals surface area (Å²) in [6.45, 7) is 19.6. The lowest BCUT2D eigenvalue weighted by atomic mass is 9.90. The Hall–Kier alpha value is -14.8. The maximum atomic E-state index is 13.8. The number of halogens is 6.